The van der Waals surface area contributed by atoms with Crippen LogP contribution < -0.4 is 15.8 Å². The maximum Gasteiger partial charge on any atom is 0.262 e. The average molecular weight is 544 g/mol. The third-order valence-corrected chi connectivity index (χ3v) is 8.12. The largest absolute Gasteiger partial charge is 0.369 e. The number of fused-ring (bicyclic) bond motifs is 3. The lowest BCUT2D eigenvalue weighted by atomic mass is 10.1. The van der Waals surface area contributed by atoms with Gasteiger partial charge in [0.15, 0.2) is 0 Å². The molecular weight excluding hydrogens is 502 g/mol. The quantitative estimate of drug-likeness (QED) is 0.329. The maximum atomic E-state index is 13.2. The molecule has 0 spiro atoms. The second kappa shape index (κ2) is 12.2. The van der Waals surface area contributed by atoms with Crippen molar-refractivity contribution in [1.82, 2.24) is 29.4 Å². The van der Waals surface area contributed by atoms with E-state index in [1.54, 1.807) is 4.57 Å². The van der Waals surface area contributed by atoms with Crippen LogP contribution in [-0.2, 0) is 17.8 Å². The molecule has 1 aliphatic heterocycles. The molecule has 0 atom stereocenters. The highest BCUT2D eigenvalue weighted by atomic mass is 16.1. The molecule has 1 aliphatic rings. The molecule has 1 amide bonds. The maximum absolute atomic E-state index is 13.2. The first-order valence-electron chi connectivity index (χ1n) is 14.5. The molecule has 9 heteroatoms. The number of nitrogens with one attached hydrogen (secondary N) is 1. The Morgan fingerprint density at radius 2 is 1.75 bits per heavy atom. The Balaban J connectivity index is 1.16. The average Bonchev–Trinajstić information content (AvgIpc) is 3.38. The van der Waals surface area contributed by atoms with E-state index in [-0.39, 0.29) is 11.5 Å². The first-order chi connectivity index (χ1) is 19.3. The number of aryl methyl sites for hydroxylation is 3. The number of amides is 1. The Morgan fingerprint density at radius 3 is 2.52 bits per heavy atom. The Hall–Kier alpha value is -3.72. The molecule has 1 N–H and O–H groups in total. The van der Waals surface area contributed by atoms with Crippen LogP contribution in [0.3, 0.4) is 0 Å². The fraction of sp³-hybridized carbons (Fsp3) is 0.484. The minimum atomic E-state index is -0.0460. The zero-order valence-electron chi connectivity index (χ0n) is 24.2. The standard InChI is InChI=1S/C31H41N7O2/c1-22(2)14-16-37-30(40)25-9-5-6-10-27(25)38-28(33-34-31(37)38)12-13-29(39)32-15-17-35-18-20-36(21-19-35)26-11-7-8-23(3)24(26)4/h5-11,22H,12-21H2,1-4H3,(H,32,39). The van der Waals surface area contributed by atoms with Crippen molar-refractivity contribution < 1.29 is 4.79 Å². The molecule has 0 aliphatic carbocycles. The molecule has 1 fully saturated rings. The number of carbonyl (C=O) groups is 1. The van der Waals surface area contributed by atoms with Crippen molar-refractivity contribution in [3.63, 3.8) is 0 Å². The molecule has 2 aromatic carbocycles. The van der Waals surface area contributed by atoms with Crippen molar-refractivity contribution in [2.45, 2.75) is 53.5 Å². The summed E-state index contributed by atoms with van der Waals surface area (Å²) in [7, 11) is 0. The molecule has 9 nitrogen and oxygen atoms in total. The molecule has 0 saturated carbocycles. The first-order valence-corrected chi connectivity index (χ1v) is 14.5. The second-order valence-corrected chi connectivity index (χ2v) is 11.3. The van der Waals surface area contributed by atoms with Crippen molar-refractivity contribution in [1.29, 1.82) is 0 Å². The summed E-state index contributed by atoms with van der Waals surface area (Å²) in [5, 5.41) is 12.5. The smallest absolute Gasteiger partial charge is 0.262 e. The molecule has 3 heterocycles. The van der Waals surface area contributed by atoms with Crippen LogP contribution in [0.5, 0.6) is 0 Å². The molecule has 4 aromatic rings. The Labute approximate surface area is 235 Å². The van der Waals surface area contributed by atoms with Crippen molar-refractivity contribution in [2.24, 2.45) is 5.92 Å². The third kappa shape index (κ3) is 5.89. The highest BCUT2D eigenvalue weighted by Crippen LogP contribution is 2.24. The highest BCUT2D eigenvalue weighted by Gasteiger charge is 2.20. The number of hydrogen-bond acceptors (Lipinski definition) is 6. The van der Waals surface area contributed by atoms with Gasteiger partial charge in [0.05, 0.1) is 10.9 Å². The number of para-hydroxylation sites is 1. The van der Waals surface area contributed by atoms with Gasteiger partial charge >= 0.3 is 0 Å². The van der Waals surface area contributed by atoms with E-state index in [2.05, 4.69) is 71.2 Å². The van der Waals surface area contributed by atoms with Crippen molar-refractivity contribution in [2.75, 3.05) is 44.2 Å². The number of nitrogens with zero attached hydrogens (tertiary/aromatic N) is 6. The molecule has 0 bridgehead atoms. The lowest BCUT2D eigenvalue weighted by Gasteiger charge is -2.37. The summed E-state index contributed by atoms with van der Waals surface area (Å²) in [6.45, 7) is 14.7. The van der Waals surface area contributed by atoms with Gasteiger partial charge in [-0.3, -0.25) is 23.5 Å². The van der Waals surface area contributed by atoms with Crippen LogP contribution in [0.2, 0.25) is 0 Å². The summed E-state index contributed by atoms with van der Waals surface area (Å²) in [5.74, 6) is 1.70. The van der Waals surface area contributed by atoms with Gasteiger partial charge in [-0.2, -0.15) is 0 Å². The van der Waals surface area contributed by atoms with Gasteiger partial charge in [0, 0.05) is 64.3 Å². The summed E-state index contributed by atoms with van der Waals surface area (Å²) < 4.78 is 3.67. The van der Waals surface area contributed by atoms with E-state index < -0.39 is 0 Å². The summed E-state index contributed by atoms with van der Waals surface area (Å²) in [6.07, 6.45) is 1.65. The van der Waals surface area contributed by atoms with Crippen LogP contribution in [0.25, 0.3) is 16.7 Å². The molecule has 2 aromatic heterocycles. The SMILES string of the molecule is Cc1cccc(N2CCN(CCNC(=O)CCc3nnc4n(CCC(C)C)c(=O)c5ccccc5n34)CC2)c1C. The summed E-state index contributed by atoms with van der Waals surface area (Å²) in [6, 6.07) is 14.1. The van der Waals surface area contributed by atoms with Crippen molar-refractivity contribution in [3.05, 3.63) is 69.8 Å². The van der Waals surface area contributed by atoms with Crippen molar-refractivity contribution in [3.8, 4) is 0 Å². The predicted octanol–water partition coefficient (Wildman–Crippen LogP) is 3.58. The molecule has 1 saturated heterocycles. The third-order valence-electron chi connectivity index (χ3n) is 8.12. The van der Waals surface area contributed by atoms with E-state index in [1.807, 2.05) is 28.7 Å². The molecule has 40 heavy (non-hydrogen) atoms. The second-order valence-electron chi connectivity index (χ2n) is 11.3. The van der Waals surface area contributed by atoms with Gasteiger partial charge in [-0.15, -0.1) is 10.2 Å². The van der Waals surface area contributed by atoms with Crippen LogP contribution in [0, 0.1) is 19.8 Å². The normalized spacial score (nSPS) is 14.5. The van der Waals surface area contributed by atoms with Gasteiger partial charge in [0.25, 0.3) is 5.56 Å². The molecule has 0 radical (unpaired) electrons. The lowest BCUT2D eigenvalue weighted by Crippen LogP contribution is -2.48. The fourth-order valence-corrected chi connectivity index (χ4v) is 5.52. The Morgan fingerprint density at radius 1 is 0.975 bits per heavy atom. The summed E-state index contributed by atoms with van der Waals surface area (Å²) in [4.78, 5) is 30.8. The van der Waals surface area contributed by atoms with Crippen LogP contribution in [0.1, 0.15) is 43.6 Å². The number of carbonyl (C=O) groups excluding carboxylic acids is 1. The zero-order valence-corrected chi connectivity index (χ0v) is 24.2. The van der Waals surface area contributed by atoms with Crippen molar-refractivity contribution >= 4 is 28.3 Å². The fourth-order valence-electron chi connectivity index (χ4n) is 5.52. The topological polar surface area (TPSA) is 87.8 Å². The minimum absolute atomic E-state index is 0.00297. The Bertz CT molecular complexity index is 1550. The van der Waals surface area contributed by atoms with Gasteiger partial charge < -0.3 is 10.2 Å². The number of rotatable bonds is 10. The van der Waals surface area contributed by atoms with E-state index in [9.17, 15) is 9.59 Å². The van der Waals surface area contributed by atoms with Gasteiger partial charge in [-0.05, 0) is 55.5 Å². The number of piperazine rings is 1. The van der Waals surface area contributed by atoms with Crippen LogP contribution in [0.4, 0.5) is 5.69 Å². The van der Waals surface area contributed by atoms with Gasteiger partial charge in [0.2, 0.25) is 11.7 Å². The zero-order chi connectivity index (χ0) is 28.2. The van der Waals surface area contributed by atoms with E-state index in [1.165, 1.54) is 16.8 Å². The van der Waals surface area contributed by atoms with E-state index >= 15 is 0 Å². The first kappa shape index (κ1) is 27.8. The lowest BCUT2D eigenvalue weighted by molar-refractivity contribution is -0.121. The molecule has 212 valence electrons. The Kier molecular flexibility index (Phi) is 8.49. The molecule has 5 rings (SSSR count). The minimum Gasteiger partial charge on any atom is -0.369 e. The molecular formula is C31H41N7O2. The number of aromatic nitrogens is 4. The van der Waals surface area contributed by atoms with Gasteiger partial charge in [-0.1, -0.05) is 38.1 Å². The number of hydrogen-bond donors (Lipinski definition) is 1. The summed E-state index contributed by atoms with van der Waals surface area (Å²) in [5.41, 5.74) is 4.75. The van der Waals surface area contributed by atoms with E-state index in [0.29, 0.717) is 48.8 Å². The van der Waals surface area contributed by atoms with E-state index in [0.717, 1.165) is 44.7 Å². The van der Waals surface area contributed by atoms with Crippen LogP contribution in [0.15, 0.2) is 47.3 Å². The highest BCUT2D eigenvalue weighted by molar-refractivity contribution is 5.80. The number of anilines is 1. The van der Waals surface area contributed by atoms with Gasteiger partial charge in [0.1, 0.15) is 5.82 Å². The summed E-state index contributed by atoms with van der Waals surface area (Å²) >= 11 is 0. The van der Waals surface area contributed by atoms with Crippen LogP contribution in [-0.4, -0.2) is 69.2 Å². The predicted molar refractivity (Wildman–Crippen MR) is 160 cm³/mol. The van der Waals surface area contributed by atoms with Crippen LogP contribution >= 0.6 is 0 Å². The monoisotopic (exact) mass is 543 g/mol. The van der Waals surface area contributed by atoms with Gasteiger partial charge in [-0.25, -0.2) is 0 Å². The van der Waals surface area contributed by atoms with E-state index in [4.69, 9.17) is 0 Å². The molecule has 0 unspecified atom stereocenters. The number of benzene rings is 2.